The first-order valence-corrected chi connectivity index (χ1v) is 22.7. The number of hydrogen-bond acceptors (Lipinski definition) is 5. The van der Waals surface area contributed by atoms with Gasteiger partial charge in [0.1, 0.15) is 0 Å². The average molecular weight is 757 g/mol. The molecule has 316 valence electrons. The molecule has 0 rings (SSSR count). The van der Waals surface area contributed by atoms with Crippen LogP contribution in [0.4, 0.5) is 0 Å². The van der Waals surface area contributed by atoms with Crippen LogP contribution < -0.4 is 0 Å². The highest BCUT2D eigenvalue weighted by molar-refractivity contribution is 5.70. The van der Waals surface area contributed by atoms with E-state index in [1.54, 1.807) is 0 Å². The Morgan fingerprint density at radius 1 is 0.396 bits per heavy atom. The number of unbranched alkanes of at least 4 members (excludes halogenated alkanes) is 32. The van der Waals surface area contributed by atoms with Crippen molar-refractivity contribution in [3.8, 4) is 0 Å². The maximum absolute atomic E-state index is 11.2. The van der Waals surface area contributed by atoms with Crippen LogP contribution in [-0.2, 0) is 14.4 Å². The first-order valence-electron chi connectivity index (χ1n) is 22.7. The summed E-state index contributed by atoms with van der Waals surface area (Å²) in [5.41, 5.74) is 0. The molecule has 0 saturated carbocycles. The van der Waals surface area contributed by atoms with E-state index in [9.17, 15) is 19.5 Å². The van der Waals surface area contributed by atoms with Gasteiger partial charge >= 0.3 is 17.9 Å². The summed E-state index contributed by atoms with van der Waals surface area (Å²) in [6.07, 6.45) is 43.6. The normalized spacial score (nSPS) is 12.3. The first kappa shape index (κ1) is 53.4. The minimum absolute atomic E-state index is 0.158. The zero-order chi connectivity index (χ0) is 39.5. The van der Waals surface area contributed by atoms with Crippen LogP contribution in [0.1, 0.15) is 251 Å². The van der Waals surface area contributed by atoms with Gasteiger partial charge in [-0.1, -0.05) is 212 Å². The standard InChI is InChI=1S/C25H50O4.C20H38O4/c1-2-3-4-5-6-7-8-9-10-11-12-13-14-15-16-17-18-19-20-23(25(28)29)21-24(27)22-26;21-19(22)17-15-13-11-9-7-5-3-1-2-4-6-8-10-12-14-16-18-20(23)24/h23-24,26-27H,2-22H2,1H3,(H,28,29);1-18H2,(H,21,22)(H,23,24). The van der Waals surface area contributed by atoms with Crippen LogP contribution in [-0.4, -0.2) is 56.2 Å². The van der Waals surface area contributed by atoms with Crippen molar-refractivity contribution in [2.45, 2.75) is 257 Å². The van der Waals surface area contributed by atoms with E-state index < -0.39 is 29.9 Å². The minimum Gasteiger partial charge on any atom is -0.481 e. The summed E-state index contributed by atoms with van der Waals surface area (Å²) in [7, 11) is 0. The van der Waals surface area contributed by atoms with E-state index in [0.717, 1.165) is 38.5 Å². The molecule has 53 heavy (non-hydrogen) atoms. The molecule has 0 aromatic rings. The van der Waals surface area contributed by atoms with E-state index in [2.05, 4.69) is 6.92 Å². The number of carbonyl (C=O) groups is 3. The number of carboxylic acid groups (broad SMARTS) is 3. The van der Waals surface area contributed by atoms with Gasteiger partial charge in [0.2, 0.25) is 0 Å². The number of aliphatic hydroxyl groups excluding tert-OH is 2. The zero-order valence-corrected chi connectivity index (χ0v) is 34.7. The van der Waals surface area contributed by atoms with Gasteiger partial charge in [0.25, 0.3) is 0 Å². The van der Waals surface area contributed by atoms with Gasteiger partial charge in [0, 0.05) is 12.8 Å². The van der Waals surface area contributed by atoms with Crippen molar-refractivity contribution in [2.24, 2.45) is 5.92 Å². The van der Waals surface area contributed by atoms with Crippen LogP contribution >= 0.6 is 0 Å². The molecule has 0 fully saturated rings. The molecule has 8 nitrogen and oxygen atoms in total. The summed E-state index contributed by atoms with van der Waals surface area (Å²) in [6.45, 7) is 1.91. The van der Waals surface area contributed by atoms with Crippen molar-refractivity contribution in [3.63, 3.8) is 0 Å². The molecule has 0 aliphatic rings. The first-order chi connectivity index (χ1) is 25.7. The lowest BCUT2D eigenvalue weighted by Gasteiger charge is -2.15. The lowest BCUT2D eigenvalue weighted by Crippen LogP contribution is -2.23. The van der Waals surface area contributed by atoms with Gasteiger partial charge in [-0.25, -0.2) is 0 Å². The lowest BCUT2D eigenvalue weighted by molar-refractivity contribution is -0.143. The monoisotopic (exact) mass is 757 g/mol. The molecular weight excluding hydrogens is 668 g/mol. The van der Waals surface area contributed by atoms with Gasteiger partial charge < -0.3 is 25.5 Å². The van der Waals surface area contributed by atoms with Crippen molar-refractivity contribution >= 4 is 17.9 Å². The number of carboxylic acids is 3. The smallest absolute Gasteiger partial charge is 0.306 e. The Labute approximate surface area is 326 Å². The quantitative estimate of drug-likeness (QED) is 0.0386. The van der Waals surface area contributed by atoms with E-state index in [4.69, 9.17) is 20.4 Å². The van der Waals surface area contributed by atoms with Gasteiger partial charge in [0.05, 0.1) is 18.6 Å². The molecule has 0 amide bonds. The number of hydrogen-bond donors (Lipinski definition) is 5. The van der Waals surface area contributed by atoms with Crippen LogP contribution in [0, 0.1) is 5.92 Å². The second-order valence-corrected chi connectivity index (χ2v) is 15.9. The predicted octanol–water partition coefficient (Wildman–Crippen LogP) is 13.0. The zero-order valence-electron chi connectivity index (χ0n) is 34.7. The van der Waals surface area contributed by atoms with Gasteiger partial charge in [-0.05, 0) is 25.7 Å². The molecule has 0 aromatic carbocycles. The SMILES string of the molecule is CCCCCCCCCCCCCCCCCCCCC(CC(O)CO)C(=O)O.O=C(O)CCCCCCCCCCCCCCCCCCC(=O)O. The molecule has 5 N–H and O–H groups in total. The maximum Gasteiger partial charge on any atom is 0.306 e. The van der Waals surface area contributed by atoms with E-state index in [1.807, 2.05) is 0 Å². The van der Waals surface area contributed by atoms with Crippen LogP contribution in [0.15, 0.2) is 0 Å². The van der Waals surface area contributed by atoms with E-state index >= 15 is 0 Å². The van der Waals surface area contributed by atoms with Gasteiger partial charge in [0.15, 0.2) is 0 Å². The highest BCUT2D eigenvalue weighted by Crippen LogP contribution is 2.19. The average Bonchev–Trinajstić information content (AvgIpc) is 3.13. The molecule has 0 aromatic heterocycles. The molecule has 2 unspecified atom stereocenters. The Hall–Kier alpha value is -1.67. The molecule has 0 spiro atoms. The number of aliphatic hydroxyl groups is 2. The third-order valence-corrected chi connectivity index (χ3v) is 10.6. The minimum atomic E-state index is -0.911. The molecule has 0 radical (unpaired) electrons. The molecule has 0 heterocycles. The summed E-state index contributed by atoms with van der Waals surface area (Å²) in [5, 5.41) is 44.5. The summed E-state index contributed by atoms with van der Waals surface area (Å²) >= 11 is 0. The van der Waals surface area contributed by atoms with Crippen molar-refractivity contribution in [1.82, 2.24) is 0 Å². The number of rotatable bonds is 42. The molecule has 2 atom stereocenters. The largest absolute Gasteiger partial charge is 0.481 e. The predicted molar refractivity (Wildman–Crippen MR) is 221 cm³/mol. The lowest BCUT2D eigenvalue weighted by atomic mass is 9.94. The molecule has 0 aliphatic carbocycles. The molecule has 0 aliphatic heterocycles. The third-order valence-electron chi connectivity index (χ3n) is 10.6. The Bertz CT molecular complexity index is 744. The summed E-state index contributed by atoms with van der Waals surface area (Å²) in [6, 6.07) is 0. The molecular formula is C45H88O8. The Morgan fingerprint density at radius 3 is 0.868 bits per heavy atom. The molecule has 0 saturated heterocycles. The van der Waals surface area contributed by atoms with Crippen molar-refractivity contribution in [1.29, 1.82) is 0 Å². The van der Waals surface area contributed by atoms with Crippen LogP contribution in [0.3, 0.4) is 0 Å². The molecule has 8 heteroatoms. The van der Waals surface area contributed by atoms with Crippen LogP contribution in [0.25, 0.3) is 0 Å². The van der Waals surface area contributed by atoms with Crippen LogP contribution in [0.2, 0.25) is 0 Å². The van der Waals surface area contributed by atoms with Crippen molar-refractivity contribution in [2.75, 3.05) is 6.61 Å². The fourth-order valence-electron chi connectivity index (χ4n) is 7.06. The Morgan fingerprint density at radius 2 is 0.642 bits per heavy atom. The molecule has 0 bridgehead atoms. The summed E-state index contributed by atoms with van der Waals surface area (Å²) in [4.78, 5) is 31.9. The fourth-order valence-corrected chi connectivity index (χ4v) is 7.06. The highest BCUT2D eigenvalue weighted by atomic mass is 16.4. The van der Waals surface area contributed by atoms with Gasteiger partial charge in [-0.15, -0.1) is 0 Å². The van der Waals surface area contributed by atoms with Crippen molar-refractivity contribution < 1.29 is 39.9 Å². The maximum atomic E-state index is 11.2. The van der Waals surface area contributed by atoms with E-state index in [1.165, 1.54) is 180 Å². The Kier molecular flexibility index (Phi) is 45.1. The van der Waals surface area contributed by atoms with Crippen LogP contribution in [0.5, 0.6) is 0 Å². The Balaban J connectivity index is 0. The summed E-state index contributed by atoms with van der Waals surface area (Å²) in [5.74, 6) is -2.73. The topological polar surface area (TPSA) is 152 Å². The second-order valence-electron chi connectivity index (χ2n) is 15.9. The van der Waals surface area contributed by atoms with Crippen molar-refractivity contribution in [3.05, 3.63) is 0 Å². The second kappa shape index (κ2) is 44.7. The fraction of sp³-hybridized carbons (Fsp3) is 0.933. The highest BCUT2D eigenvalue weighted by Gasteiger charge is 2.20. The van der Waals surface area contributed by atoms with Gasteiger partial charge in [-0.3, -0.25) is 14.4 Å². The van der Waals surface area contributed by atoms with E-state index in [-0.39, 0.29) is 13.0 Å². The van der Waals surface area contributed by atoms with Gasteiger partial charge in [-0.2, -0.15) is 0 Å². The van der Waals surface area contributed by atoms with E-state index in [0.29, 0.717) is 19.3 Å². The third kappa shape index (κ3) is 48.3. The summed E-state index contributed by atoms with van der Waals surface area (Å²) < 4.78 is 0. The number of aliphatic carboxylic acids is 3.